The molecule has 0 saturated heterocycles. The van der Waals surface area contributed by atoms with Crippen molar-refractivity contribution in [3.8, 4) is 0 Å². The Balaban J connectivity index is 2.35. The molecule has 2 rings (SSSR count). The molecule has 0 saturated carbocycles. The first-order valence-corrected chi connectivity index (χ1v) is 7.74. The zero-order valence-electron chi connectivity index (χ0n) is 10.9. The number of nitrogens with one attached hydrogen (secondary N) is 1. The summed E-state index contributed by atoms with van der Waals surface area (Å²) in [6, 6.07) is 9.18. The third-order valence-corrected chi connectivity index (χ3v) is 4.39. The van der Waals surface area contributed by atoms with Gasteiger partial charge in [-0.05, 0) is 37.3 Å². The van der Waals surface area contributed by atoms with Crippen LogP contribution < -0.4 is 4.72 Å². The Kier molecular flexibility index (Phi) is 4.29. The molecule has 0 unspecified atom stereocenters. The molecule has 0 spiro atoms. The molecule has 2 aromatic carbocycles. The zero-order valence-corrected chi connectivity index (χ0v) is 12.5. The number of carbonyl (C=O) groups excluding carboxylic acids is 1. The van der Waals surface area contributed by atoms with Crippen molar-refractivity contribution in [2.75, 3.05) is 4.72 Å². The Morgan fingerprint density at radius 2 is 1.90 bits per heavy atom. The lowest BCUT2D eigenvalue weighted by Crippen LogP contribution is -2.13. The zero-order chi connectivity index (χ0) is 15.6. The molecule has 0 bridgehead atoms. The Hall–Kier alpha value is -1.92. The Morgan fingerprint density at radius 3 is 2.52 bits per heavy atom. The lowest BCUT2D eigenvalue weighted by Gasteiger charge is -2.09. The van der Waals surface area contributed by atoms with E-state index in [1.165, 1.54) is 19.1 Å². The van der Waals surface area contributed by atoms with Gasteiger partial charge in [-0.1, -0.05) is 23.7 Å². The van der Waals surface area contributed by atoms with Crippen LogP contribution in [0.3, 0.4) is 0 Å². The average molecular weight is 328 g/mol. The fourth-order valence-electron chi connectivity index (χ4n) is 1.66. The third-order valence-electron chi connectivity index (χ3n) is 2.72. The number of ketones is 1. The lowest BCUT2D eigenvalue weighted by molar-refractivity contribution is 0.101. The number of carbonyl (C=O) groups is 1. The van der Waals surface area contributed by atoms with E-state index in [9.17, 15) is 17.6 Å². The van der Waals surface area contributed by atoms with Crippen LogP contribution in [-0.4, -0.2) is 14.2 Å². The summed E-state index contributed by atoms with van der Waals surface area (Å²) in [4.78, 5) is 11.1. The molecule has 4 nitrogen and oxygen atoms in total. The quantitative estimate of drug-likeness (QED) is 0.874. The van der Waals surface area contributed by atoms with Gasteiger partial charge in [0.2, 0.25) is 0 Å². The van der Waals surface area contributed by atoms with Gasteiger partial charge in [-0.25, -0.2) is 12.8 Å². The molecule has 0 fully saturated rings. The molecular formula is C14H11ClFNO3S. The first-order valence-electron chi connectivity index (χ1n) is 5.88. The standard InChI is InChI=1S/C14H11ClFNO3S/c1-9(18)10-3-2-4-11(7-10)17-21(19,20)12-5-6-14(16)13(15)8-12/h2-8,17H,1H3. The minimum absolute atomic E-state index is 0.165. The van der Waals surface area contributed by atoms with Crippen LogP contribution in [0, 0.1) is 5.82 Å². The van der Waals surface area contributed by atoms with Crippen molar-refractivity contribution < 1.29 is 17.6 Å². The van der Waals surface area contributed by atoms with E-state index in [2.05, 4.69) is 4.72 Å². The Labute approximate surface area is 126 Å². The molecule has 0 aliphatic carbocycles. The minimum Gasteiger partial charge on any atom is -0.295 e. The van der Waals surface area contributed by atoms with E-state index >= 15 is 0 Å². The van der Waals surface area contributed by atoms with Crippen LogP contribution in [-0.2, 0) is 10.0 Å². The molecule has 0 aromatic heterocycles. The van der Waals surface area contributed by atoms with Gasteiger partial charge in [0.05, 0.1) is 9.92 Å². The van der Waals surface area contributed by atoms with Crippen molar-refractivity contribution >= 4 is 33.1 Å². The molecule has 0 aliphatic rings. The van der Waals surface area contributed by atoms with Gasteiger partial charge in [0, 0.05) is 11.3 Å². The van der Waals surface area contributed by atoms with Gasteiger partial charge in [-0.15, -0.1) is 0 Å². The summed E-state index contributed by atoms with van der Waals surface area (Å²) in [7, 11) is -3.91. The molecule has 21 heavy (non-hydrogen) atoms. The predicted molar refractivity (Wildman–Crippen MR) is 78.7 cm³/mol. The Bertz CT molecular complexity index is 806. The molecule has 0 amide bonds. The van der Waals surface area contributed by atoms with E-state index in [0.29, 0.717) is 5.56 Å². The van der Waals surface area contributed by atoms with Crippen molar-refractivity contribution in [2.24, 2.45) is 0 Å². The summed E-state index contributed by atoms with van der Waals surface area (Å²) in [6.45, 7) is 1.38. The van der Waals surface area contributed by atoms with Gasteiger partial charge in [-0.2, -0.15) is 0 Å². The van der Waals surface area contributed by atoms with Crippen molar-refractivity contribution in [2.45, 2.75) is 11.8 Å². The summed E-state index contributed by atoms with van der Waals surface area (Å²) in [6.07, 6.45) is 0. The summed E-state index contributed by atoms with van der Waals surface area (Å²) >= 11 is 5.58. The number of benzene rings is 2. The van der Waals surface area contributed by atoms with Gasteiger partial charge in [-0.3, -0.25) is 9.52 Å². The molecular weight excluding hydrogens is 317 g/mol. The normalized spacial score (nSPS) is 11.2. The van der Waals surface area contributed by atoms with Crippen LogP contribution in [0.2, 0.25) is 5.02 Å². The topological polar surface area (TPSA) is 63.2 Å². The number of hydrogen-bond donors (Lipinski definition) is 1. The number of anilines is 1. The molecule has 0 aliphatic heterocycles. The first-order chi connectivity index (χ1) is 9.79. The van der Waals surface area contributed by atoms with E-state index in [0.717, 1.165) is 18.2 Å². The highest BCUT2D eigenvalue weighted by atomic mass is 35.5. The van der Waals surface area contributed by atoms with Gasteiger partial charge in [0.1, 0.15) is 5.82 Å². The number of Topliss-reactive ketones (excluding diaryl/α,β-unsaturated/α-hetero) is 1. The monoisotopic (exact) mass is 327 g/mol. The Morgan fingerprint density at radius 1 is 1.19 bits per heavy atom. The smallest absolute Gasteiger partial charge is 0.261 e. The van der Waals surface area contributed by atoms with Crippen molar-refractivity contribution in [1.82, 2.24) is 0 Å². The van der Waals surface area contributed by atoms with E-state index in [1.807, 2.05) is 0 Å². The maximum absolute atomic E-state index is 13.1. The van der Waals surface area contributed by atoms with Gasteiger partial charge in [0.15, 0.2) is 5.78 Å². The van der Waals surface area contributed by atoms with Crippen molar-refractivity contribution in [3.63, 3.8) is 0 Å². The number of halogens is 2. The molecule has 7 heteroatoms. The highest BCUT2D eigenvalue weighted by molar-refractivity contribution is 7.92. The number of hydrogen-bond acceptors (Lipinski definition) is 3. The third kappa shape index (κ3) is 3.59. The molecule has 2 aromatic rings. The van der Waals surface area contributed by atoms with Crippen LogP contribution in [0.5, 0.6) is 0 Å². The summed E-state index contributed by atoms with van der Waals surface area (Å²) in [5.41, 5.74) is 0.621. The summed E-state index contributed by atoms with van der Waals surface area (Å²) in [5, 5.41) is -0.282. The second-order valence-corrected chi connectivity index (χ2v) is 6.41. The molecule has 1 N–H and O–H groups in total. The molecule has 110 valence electrons. The van der Waals surface area contributed by atoms with Gasteiger partial charge >= 0.3 is 0 Å². The van der Waals surface area contributed by atoms with E-state index in [-0.39, 0.29) is 21.4 Å². The highest BCUT2D eigenvalue weighted by Gasteiger charge is 2.16. The lowest BCUT2D eigenvalue weighted by atomic mass is 10.1. The number of rotatable bonds is 4. The average Bonchev–Trinajstić information content (AvgIpc) is 2.41. The highest BCUT2D eigenvalue weighted by Crippen LogP contribution is 2.22. The van der Waals surface area contributed by atoms with Crippen LogP contribution >= 0.6 is 11.6 Å². The van der Waals surface area contributed by atoms with Crippen LogP contribution in [0.25, 0.3) is 0 Å². The molecule has 0 radical (unpaired) electrons. The predicted octanol–water partition coefficient (Wildman–Crippen LogP) is 3.48. The van der Waals surface area contributed by atoms with Crippen molar-refractivity contribution in [3.05, 3.63) is 58.9 Å². The van der Waals surface area contributed by atoms with Crippen LogP contribution in [0.1, 0.15) is 17.3 Å². The second-order valence-electron chi connectivity index (χ2n) is 4.32. The number of sulfonamides is 1. The summed E-state index contributed by atoms with van der Waals surface area (Å²) in [5.74, 6) is -0.880. The SMILES string of the molecule is CC(=O)c1cccc(NS(=O)(=O)c2ccc(F)c(Cl)c2)c1. The van der Waals surface area contributed by atoms with E-state index in [4.69, 9.17) is 11.6 Å². The summed E-state index contributed by atoms with van der Waals surface area (Å²) < 4.78 is 39.7. The fourth-order valence-corrected chi connectivity index (χ4v) is 2.98. The van der Waals surface area contributed by atoms with E-state index in [1.54, 1.807) is 12.1 Å². The maximum Gasteiger partial charge on any atom is 0.261 e. The first kappa shape index (κ1) is 15.5. The van der Waals surface area contributed by atoms with Crippen molar-refractivity contribution in [1.29, 1.82) is 0 Å². The fraction of sp³-hybridized carbons (Fsp3) is 0.0714. The molecule has 0 heterocycles. The second kappa shape index (κ2) is 5.83. The molecule has 0 atom stereocenters. The van der Waals surface area contributed by atoms with Crippen LogP contribution in [0.4, 0.5) is 10.1 Å². The van der Waals surface area contributed by atoms with Gasteiger partial charge in [0.25, 0.3) is 10.0 Å². The van der Waals surface area contributed by atoms with Crippen LogP contribution in [0.15, 0.2) is 47.4 Å². The maximum atomic E-state index is 13.1. The largest absolute Gasteiger partial charge is 0.295 e. The van der Waals surface area contributed by atoms with E-state index < -0.39 is 15.8 Å². The minimum atomic E-state index is -3.91. The van der Waals surface area contributed by atoms with Gasteiger partial charge < -0.3 is 0 Å².